The number of para-hydroxylation sites is 1. The fourth-order valence-electron chi connectivity index (χ4n) is 2.94. The van der Waals surface area contributed by atoms with Crippen molar-refractivity contribution in [2.75, 3.05) is 23.8 Å². The Balaban J connectivity index is 1.79. The van der Waals surface area contributed by atoms with Gasteiger partial charge in [-0.25, -0.2) is 0 Å². The Morgan fingerprint density at radius 3 is 2.45 bits per heavy atom. The summed E-state index contributed by atoms with van der Waals surface area (Å²) in [7, 11) is 1.63. The quantitative estimate of drug-likeness (QED) is 0.522. The topological polar surface area (TPSA) is 78.5 Å². The van der Waals surface area contributed by atoms with E-state index in [2.05, 4.69) is 10.6 Å². The van der Waals surface area contributed by atoms with Crippen LogP contribution in [0.25, 0.3) is 0 Å². The molecule has 0 aliphatic rings. The van der Waals surface area contributed by atoms with Crippen molar-refractivity contribution >= 4 is 52.0 Å². The number of nitrogens with one attached hydrogen (secondary N) is 2. The zero-order valence-electron chi connectivity index (χ0n) is 17.1. The van der Waals surface area contributed by atoms with Gasteiger partial charge in [0.25, 0.3) is 17.7 Å². The van der Waals surface area contributed by atoms with Crippen molar-refractivity contribution < 1.29 is 14.4 Å². The molecule has 0 bridgehead atoms. The molecule has 8 heteroatoms. The van der Waals surface area contributed by atoms with Crippen LogP contribution in [-0.2, 0) is 0 Å². The summed E-state index contributed by atoms with van der Waals surface area (Å²) in [4.78, 5) is 39.8. The summed E-state index contributed by atoms with van der Waals surface area (Å²) in [6.45, 7) is 2.52. The number of rotatable bonds is 7. The lowest BCUT2D eigenvalue weighted by Gasteiger charge is -2.20. The third-order valence-electron chi connectivity index (χ3n) is 4.55. The highest BCUT2D eigenvalue weighted by atomic mass is 35.5. The van der Waals surface area contributed by atoms with Gasteiger partial charge in [0.15, 0.2) is 0 Å². The molecule has 0 unspecified atom stereocenters. The van der Waals surface area contributed by atoms with Gasteiger partial charge in [-0.05, 0) is 48.2 Å². The van der Waals surface area contributed by atoms with Crippen molar-refractivity contribution in [2.24, 2.45) is 0 Å². The van der Waals surface area contributed by atoms with Gasteiger partial charge in [0.05, 0.1) is 26.7 Å². The predicted octanol–water partition coefficient (Wildman–Crippen LogP) is 5.07. The number of carbonyl (C=O) groups excluding carboxylic acids is 3. The number of benzene rings is 2. The van der Waals surface area contributed by atoms with E-state index in [1.165, 1.54) is 22.3 Å². The van der Waals surface area contributed by atoms with Gasteiger partial charge in [0.2, 0.25) is 0 Å². The Morgan fingerprint density at radius 1 is 1.00 bits per heavy atom. The number of halogens is 1. The van der Waals surface area contributed by atoms with Crippen LogP contribution in [-0.4, -0.2) is 31.3 Å². The van der Waals surface area contributed by atoms with Crippen LogP contribution in [0.2, 0.25) is 5.02 Å². The summed E-state index contributed by atoms with van der Waals surface area (Å²) in [6, 6.07) is 15.1. The molecule has 160 valence electrons. The standard InChI is InChI=1S/C23H22ClN3O3S/c1-3-12-25-21(28)16-11-10-15(14-18(16)24)26-22(29)17-7-4-5-8-19(17)27(2)23(30)20-9-6-13-31-20/h4-11,13-14H,3,12H2,1-2H3,(H,25,28)(H,26,29). The summed E-state index contributed by atoms with van der Waals surface area (Å²) in [5.74, 6) is -0.842. The number of anilines is 2. The molecule has 0 aliphatic carbocycles. The van der Waals surface area contributed by atoms with E-state index in [-0.39, 0.29) is 22.7 Å². The summed E-state index contributed by atoms with van der Waals surface area (Å²) >= 11 is 7.59. The molecule has 6 nitrogen and oxygen atoms in total. The Kier molecular flexibility index (Phi) is 7.44. The minimum atomic E-state index is -0.388. The molecular formula is C23H22ClN3O3S. The first kappa shape index (κ1) is 22.5. The zero-order chi connectivity index (χ0) is 22.4. The van der Waals surface area contributed by atoms with Crippen LogP contribution in [0.1, 0.15) is 43.7 Å². The molecular weight excluding hydrogens is 434 g/mol. The molecule has 0 aliphatic heterocycles. The van der Waals surface area contributed by atoms with Crippen molar-refractivity contribution in [3.8, 4) is 0 Å². The number of thiophene rings is 1. The summed E-state index contributed by atoms with van der Waals surface area (Å²) in [5.41, 5.74) is 1.62. The van der Waals surface area contributed by atoms with Crippen LogP contribution in [0.15, 0.2) is 60.0 Å². The number of hydrogen-bond acceptors (Lipinski definition) is 4. The van der Waals surface area contributed by atoms with Crippen LogP contribution < -0.4 is 15.5 Å². The second kappa shape index (κ2) is 10.2. The van der Waals surface area contributed by atoms with Crippen LogP contribution in [0, 0.1) is 0 Å². The molecule has 1 heterocycles. The lowest BCUT2D eigenvalue weighted by atomic mass is 10.1. The fraction of sp³-hybridized carbons (Fsp3) is 0.174. The second-order valence-electron chi connectivity index (χ2n) is 6.76. The van der Waals surface area contributed by atoms with Gasteiger partial charge in [-0.2, -0.15) is 0 Å². The second-order valence-corrected chi connectivity index (χ2v) is 8.12. The highest BCUT2D eigenvalue weighted by Gasteiger charge is 2.20. The molecule has 0 radical (unpaired) electrons. The van der Waals surface area contributed by atoms with Crippen molar-refractivity contribution in [3.63, 3.8) is 0 Å². The first-order valence-corrected chi connectivity index (χ1v) is 11.0. The van der Waals surface area contributed by atoms with Gasteiger partial charge in [0, 0.05) is 19.3 Å². The third kappa shape index (κ3) is 5.31. The molecule has 1 aromatic heterocycles. The molecule has 0 saturated heterocycles. The van der Waals surface area contributed by atoms with E-state index >= 15 is 0 Å². The first-order valence-electron chi connectivity index (χ1n) is 9.72. The normalized spacial score (nSPS) is 10.4. The molecule has 2 aromatic carbocycles. The smallest absolute Gasteiger partial charge is 0.268 e. The monoisotopic (exact) mass is 455 g/mol. The van der Waals surface area contributed by atoms with E-state index in [0.29, 0.717) is 33.9 Å². The zero-order valence-corrected chi connectivity index (χ0v) is 18.7. The molecule has 3 aromatic rings. The van der Waals surface area contributed by atoms with Crippen molar-refractivity contribution in [2.45, 2.75) is 13.3 Å². The summed E-state index contributed by atoms with van der Waals surface area (Å²) in [6.07, 6.45) is 0.820. The van der Waals surface area contributed by atoms with E-state index in [9.17, 15) is 14.4 Å². The fourth-order valence-corrected chi connectivity index (χ4v) is 3.91. The number of hydrogen-bond donors (Lipinski definition) is 2. The van der Waals surface area contributed by atoms with Crippen molar-refractivity contribution in [1.29, 1.82) is 0 Å². The molecule has 2 N–H and O–H groups in total. The lowest BCUT2D eigenvalue weighted by molar-refractivity contribution is 0.0951. The third-order valence-corrected chi connectivity index (χ3v) is 5.72. The Hall–Kier alpha value is -3.16. The highest BCUT2D eigenvalue weighted by Crippen LogP contribution is 2.25. The van der Waals surface area contributed by atoms with Gasteiger partial charge < -0.3 is 15.5 Å². The van der Waals surface area contributed by atoms with E-state index in [1.54, 1.807) is 55.6 Å². The van der Waals surface area contributed by atoms with Crippen LogP contribution in [0.5, 0.6) is 0 Å². The predicted molar refractivity (Wildman–Crippen MR) is 126 cm³/mol. The first-order chi connectivity index (χ1) is 14.9. The SMILES string of the molecule is CCCNC(=O)c1ccc(NC(=O)c2ccccc2N(C)C(=O)c2cccs2)cc1Cl. The highest BCUT2D eigenvalue weighted by molar-refractivity contribution is 7.12. The minimum absolute atomic E-state index is 0.194. The number of nitrogens with zero attached hydrogens (tertiary/aromatic N) is 1. The van der Waals surface area contributed by atoms with Gasteiger partial charge >= 0.3 is 0 Å². The maximum Gasteiger partial charge on any atom is 0.268 e. The Morgan fingerprint density at radius 2 is 1.77 bits per heavy atom. The molecule has 0 saturated carbocycles. The largest absolute Gasteiger partial charge is 0.352 e. The number of carbonyl (C=O) groups is 3. The molecule has 0 atom stereocenters. The number of amides is 3. The van der Waals surface area contributed by atoms with Gasteiger partial charge in [0.1, 0.15) is 0 Å². The van der Waals surface area contributed by atoms with Gasteiger partial charge in [-0.15, -0.1) is 11.3 Å². The molecule has 3 rings (SSSR count). The van der Waals surface area contributed by atoms with Crippen molar-refractivity contribution in [3.05, 3.63) is 81.0 Å². The lowest BCUT2D eigenvalue weighted by Crippen LogP contribution is -2.28. The van der Waals surface area contributed by atoms with Gasteiger partial charge in [-0.1, -0.05) is 36.7 Å². The average Bonchev–Trinajstić information content (AvgIpc) is 3.31. The molecule has 0 spiro atoms. The van der Waals surface area contributed by atoms with E-state index in [4.69, 9.17) is 11.6 Å². The summed E-state index contributed by atoms with van der Waals surface area (Å²) in [5, 5.41) is 7.63. The molecule has 0 fully saturated rings. The van der Waals surface area contributed by atoms with Crippen molar-refractivity contribution in [1.82, 2.24) is 5.32 Å². The summed E-state index contributed by atoms with van der Waals surface area (Å²) < 4.78 is 0. The molecule has 3 amide bonds. The Bertz CT molecular complexity index is 1100. The minimum Gasteiger partial charge on any atom is -0.352 e. The van der Waals surface area contributed by atoms with Crippen LogP contribution in [0.3, 0.4) is 0 Å². The van der Waals surface area contributed by atoms with Gasteiger partial charge in [-0.3, -0.25) is 14.4 Å². The maximum atomic E-state index is 13.0. The van der Waals surface area contributed by atoms with Crippen LogP contribution in [0.4, 0.5) is 11.4 Å². The van der Waals surface area contributed by atoms with E-state index in [0.717, 1.165) is 6.42 Å². The molecule has 31 heavy (non-hydrogen) atoms. The van der Waals surface area contributed by atoms with Crippen LogP contribution >= 0.6 is 22.9 Å². The maximum absolute atomic E-state index is 13.0. The van der Waals surface area contributed by atoms with E-state index in [1.807, 2.05) is 12.3 Å². The Labute approximate surface area is 189 Å². The average molecular weight is 456 g/mol. The van der Waals surface area contributed by atoms with E-state index < -0.39 is 0 Å².